The maximum atomic E-state index is 15.9. The van der Waals surface area contributed by atoms with Gasteiger partial charge >= 0.3 is 13.7 Å². The first-order chi connectivity index (χ1) is 18.8. The van der Waals surface area contributed by atoms with Crippen LogP contribution in [0, 0.1) is 6.61 Å². The summed E-state index contributed by atoms with van der Waals surface area (Å²) in [7, 11) is -2.72. The van der Waals surface area contributed by atoms with Crippen LogP contribution in [0.15, 0.2) is 36.7 Å². The number of nitrogens with zero attached hydrogens (tertiary/aromatic N) is 4. The van der Waals surface area contributed by atoms with E-state index < -0.39 is 50.0 Å². The third-order valence-corrected chi connectivity index (χ3v) is 7.50. The van der Waals surface area contributed by atoms with Gasteiger partial charge in [-0.1, -0.05) is 18.2 Å². The minimum Gasteiger partial charge on any atom is -0.462 e. The number of hydrogen-bond acceptors (Lipinski definition) is 12. The van der Waals surface area contributed by atoms with E-state index in [1.165, 1.54) is 30.0 Å². The normalized spacial score (nSPS) is 25.1. The summed E-state index contributed by atoms with van der Waals surface area (Å²) in [4.78, 5) is 24.8. The number of alkyl halides is 1. The molecule has 14 nitrogen and oxygen atoms in total. The fourth-order valence-electron chi connectivity index (χ4n) is 4.01. The Morgan fingerprint density at radius 3 is 2.65 bits per heavy atom. The van der Waals surface area contributed by atoms with E-state index in [1.54, 1.807) is 39.1 Å². The van der Waals surface area contributed by atoms with Crippen LogP contribution in [0.2, 0.25) is 0 Å². The monoisotopic (exact) mass is 580 g/mol. The van der Waals surface area contributed by atoms with Crippen molar-refractivity contribution in [2.45, 2.75) is 63.9 Å². The molecule has 1 aliphatic rings. The zero-order valence-corrected chi connectivity index (χ0v) is 23.4. The van der Waals surface area contributed by atoms with Crippen molar-refractivity contribution < 1.29 is 37.4 Å². The molecule has 6 atom stereocenters. The van der Waals surface area contributed by atoms with Crippen molar-refractivity contribution in [1.82, 2.24) is 24.6 Å². The van der Waals surface area contributed by atoms with E-state index in [2.05, 4.69) is 25.4 Å². The maximum Gasteiger partial charge on any atom is 0.459 e. The molecule has 217 valence electrons. The van der Waals surface area contributed by atoms with Crippen LogP contribution in [0.3, 0.4) is 0 Å². The van der Waals surface area contributed by atoms with Crippen molar-refractivity contribution >= 4 is 36.6 Å². The number of nitrogens with two attached hydrogens (primary N) is 1. The number of ether oxygens (including phenoxy) is 2. The highest BCUT2D eigenvalue weighted by Crippen LogP contribution is 2.49. The zero-order chi connectivity index (χ0) is 29.2. The molecular weight excluding hydrogens is 548 g/mol. The zero-order valence-electron chi connectivity index (χ0n) is 22.5. The van der Waals surface area contributed by atoms with E-state index >= 15 is 4.39 Å². The third-order valence-electron chi connectivity index (χ3n) is 5.95. The molecule has 0 saturated carbocycles. The number of rotatable bonds is 11. The lowest BCUT2D eigenvalue weighted by atomic mass is 9.98. The predicted molar refractivity (Wildman–Crippen MR) is 143 cm³/mol. The number of anilines is 2. The second-order valence-electron chi connectivity index (χ2n) is 9.53. The Hall–Kier alpha value is -3.36. The smallest absolute Gasteiger partial charge is 0.459 e. The number of carbonyl (C=O) groups is 1. The van der Waals surface area contributed by atoms with Crippen molar-refractivity contribution in [3.8, 4) is 5.75 Å². The van der Waals surface area contributed by atoms with Crippen LogP contribution in [-0.2, 0) is 23.4 Å². The Balaban J connectivity index is 1.56. The Morgan fingerprint density at radius 1 is 1.30 bits per heavy atom. The average molecular weight is 581 g/mol. The number of nitrogen functional groups attached to an aromatic ring is 1. The summed E-state index contributed by atoms with van der Waals surface area (Å²) in [6, 6.07) is 6.97. The largest absolute Gasteiger partial charge is 0.462 e. The van der Waals surface area contributed by atoms with E-state index in [0.29, 0.717) is 11.3 Å². The lowest BCUT2D eigenvalue weighted by Gasteiger charge is -2.25. The van der Waals surface area contributed by atoms with Crippen molar-refractivity contribution in [2.75, 3.05) is 18.1 Å². The number of halogens is 1. The van der Waals surface area contributed by atoms with Gasteiger partial charge in [-0.25, -0.2) is 13.9 Å². The van der Waals surface area contributed by atoms with Gasteiger partial charge in [-0.2, -0.15) is 15.1 Å². The van der Waals surface area contributed by atoms with Crippen molar-refractivity contribution in [3.05, 3.63) is 43.3 Å². The molecule has 0 aliphatic carbocycles. The number of nitrogens with one attached hydrogen (secondary N) is 2. The van der Waals surface area contributed by atoms with Gasteiger partial charge in [-0.15, -0.1) is 0 Å². The Labute approximate surface area is 230 Å². The topological polar surface area (TPSA) is 185 Å². The van der Waals surface area contributed by atoms with Gasteiger partial charge in [0.05, 0.1) is 12.4 Å². The Bertz CT molecular complexity index is 1390. The predicted octanol–water partition coefficient (Wildman–Crippen LogP) is 2.73. The van der Waals surface area contributed by atoms with Crippen LogP contribution in [0.5, 0.6) is 5.75 Å². The fraction of sp³-hybridized carbons (Fsp3) is 0.458. The molecule has 16 heteroatoms. The standard InChI is InChI=1S/C24H32FN7O7P/c1-13(2)37-21(34)14(3)31-40(35,39-15-9-7-6-8-10-15)36-11-16-18(33)24(4,25)22(38-16)32-12-28-17-19(27-5)29-23(26)30-20(17)32/h6-14,16,18,22,33H,1-5H3,(H,31,35)(H3,26,27,29,30)/t14?,16-,18-,22-,24-,40+/m1/s1. The van der Waals surface area contributed by atoms with Gasteiger partial charge in [-0.05, 0) is 39.8 Å². The summed E-state index contributed by atoms with van der Waals surface area (Å²) in [6.45, 7) is 6.75. The first-order valence-electron chi connectivity index (χ1n) is 12.4. The molecule has 40 heavy (non-hydrogen) atoms. The van der Waals surface area contributed by atoms with Gasteiger partial charge in [0.15, 0.2) is 28.9 Å². The number of para-hydroxylation sites is 1. The quantitative estimate of drug-likeness (QED) is 0.192. The Morgan fingerprint density at radius 2 is 2.00 bits per heavy atom. The summed E-state index contributed by atoms with van der Waals surface area (Å²) in [5.74, 6) is -0.292. The summed E-state index contributed by atoms with van der Waals surface area (Å²) >= 11 is 0. The SMILES string of the molecule is CNc1nc(N)nc2c1ncn2[C@@H]1O[C@H]([CH]O[P@@](=O)(NC(C)C(=O)OC(C)C)Oc2ccccc2)[C@@H](O)[C@@]1(C)F. The minimum atomic E-state index is -4.34. The molecule has 1 unspecified atom stereocenters. The minimum absolute atomic E-state index is 0.0839. The molecule has 1 radical (unpaired) electrons. The molecule has 1 aromatic carbocycles. The summed E-state index contributed by atoms with van der Waals surface area (Å²) in [5.41, 5.74) is 3.88. The van der Waals surface area contributed by atoms with Crippen LogP contribution >= 0.6 is 7.75 Å². The number of fused-ring (bicyclic) bond motifs is 1. The second-order valence-corrected chi connectivity index (χ2v) is 11.2. The number of esters is 1. The number of imidazole rings is 1. The van der Waals surface area contributed by atoms with Gasteiger partial charge in [-0.3, -0.25) is 13.9 Å². The van der Waals surface area contributed by atoms with E-state index in [9.17, 15) is 14.5 Å². The van der Waals surface area contributed by atoms with E-state index in [0.717, 1.165) is 13.5 Å². The molecule has 1 saturated heterocycles. The van der Waals surface area contributed by atoms with Crippen LogP contribution < -0.4 is 20.7 Å². The van der Waals surface area contributed by atoms with Gasteiger partial charge in [0.1, 0.15) is 30.6 Å². The molecule has 1 aliphatic heterocycles. The number of benzene rings is 1. The maximum absolute atomic E-state index is 15.9. The van der Waals surface area contributed by atoms with Crippen molar-refractivity contribution in [1.29, 1.82) is 0 Å². The third kappa shape index (κ3) is 6.18. The molecule has 0 amide bonds. The fourth-order valence-corrected chi connectivity index (χ4v) is 5.43. The van der Waals surface area contributed by atoms with Gasteiger partial charge in [0, 0.05) is 7.05 Å². The molecule has 4 rings (SSSR count). The van der Waals surface area contributed by atoms with Crippen LogP contribution in [0.4, 0.5) is 16.2 Å². The highest BCUT2D eigenvalue weighted by molar-refractivity contribution is 7.52. The number of carbonyl (C=O) groups excluding carboxylic acids is 1. The molecule has 2 aromatic heterocycles. The lowest BCUT2D eigenvalue weighted by molar-refractivity contribution is -0.149. The van der Waals surface area contributed by atoms with Gasteiger partial charge in [0.2, 0.25) is 5.95 Å². The van der Waals surface area contributed by atoms with Crippen LogP contribution in [0.1, 0.15) is 33.9 Å². The molecule has 3 heterocycles. The summed E-state index contributed by atoms with van der Waals surface area (Å²) < 4.78 is 52.9. The molecule has 0 bridgehead atoms. The molecule has 0 spiro atoms. The van der Waals surface area contributed by atoms with E-state index in [1.807, 2.05) is 0 Å². The van der Waals surface area contributed by atoms with Crippen LogP contribution in [0.25, 0.3) is 11.2 Å². The second kappa shape index (κ2) is 11.6. The number of hydrogen-bond donors (Lipinski definition) is 4. The number of aliphatic hydroxyl groups excluding tert-OH is 1. The molecular formula is C24H32FN7O7P. The molecule has 1 fully saturated rings. The first kappa shape index (κ1) is 29.6. The lowest BCUT2D eigenvalue weighted by Crippen LogP contribution is -2.40. The summed E-state index contributed by atoms with van der Waals surface area (Å²) in [6.07, 6.45) is -3.76. The summed E-state index contributed by atoms with van der Waals surface area (Å²) in [5, 5.41) is 16.2. The van der Waals surface area contributed by atoms with Crippen LogP contribution in [-0.4, -0.2) is 67.7 Å². The van der Waals surface area contributed by atoms with Crippen molar-refractivity contribution in [3.63, 3.8) is 0 Å². The number of aliphatic hydroxyl groups is 1. The van der Waals surface area contributed by atoms with Crippen molar-refractivity contribution in [2.24, 2.45) is 0 Å². The van der Waals surface area contributed by atoms with Gasteiger partial charge < -0.3 is 30.2 Å². The highest BCUT2D eigenvalue weighted by Gasteiger charge is 2.56. The number of aromatic nitrogens is 4. The Kier molecular flexibility index (Phi) is 8.61. The highest BCUT2D eigenvalue weighted by atomic mass is 31.2. The van der Waals surface area contributed by atoms with E-state index in [-0.39, 0.29) is 17.3 Å². The first-order valence-corrected chi connectivity index (χ1v) is 13.9. The van der Waals surface area contributed by atoms with Gasteiger partial charge in [0.25, 0.3) is 0 Å². The van der Waals surface area contributed by atoms with E-state index in [4.69, 9.17) is 24.3 Å². The molecule has 3 aromatic rings. The average Bonchev–Trinajstić information content (AvgIpc) is 3.40. The molecule has 5 N–H and O–H groups in total.